The van der Waals surface area contributed by atoms with Crippen LogP contribution in [-0.4, -0.2) is 40.7 Å². The molecule has 0 N–H and O–H groups in total. The van der Waals surface area contributed by atoms with E-state index in [0.717, 1.165) is 60.5 Å². The second kappa shape index (κ2) is 7.19. The molecule has 1 amide bonds. The zero-order chi connectivity index (χ0) is 18.1. The molecule has 6 heteroatoms. The summed E-state index contributed by atoms with van der Waals surface area (Å²) >= 11 is 0. The van der Waals surface area contributed by atoms with Gasteiger partial charge in [-0.05, 0) is 45.6 Å². The van der Waals surface area contributed by atoms with Gasteiger partial charge in [0.1, 0.15) is 5.76 Å². The quantitative estimate of drug-likeness (QED) is 0.843. The monoisotopic (exact) mass is 355 g/mol. The van der Waals surface area contributed by atoms with Crippen molar-refractivity contribution >= 4 is 5.91 Å². The van der Waals surface area contributed by atoms with Crippen LogP contribution >= 0.6 is 0 Å². The summed E-state index contributed by atoms with van der Waals surface area (Å²) < 4.78 is 10.7. The number of aromatic nitrogens is 2. The van der Waals surface area contributed by atoms with E-state index in [9.17, 15) is 4.79 Å². The molecule has 6 nitrogen and oxygen atoms in total. The van der Waals surface area contributed by atoms with Gasteiger partial charge in [0, 0.05) is 43.0 Å². The number of amides is 1. The summed E-state index contributed by atoms with van der Waals surface area (Å²) in [6, 6.07) is 4.19. The Kier molecular flexibility index (Phi) is 4.76. The van der Waals surface area contributed by atoms with Crippen LogP contribution in [0.5, 0.6) is 0 Å². The first kappa shape index (κ1) is 17.2. The molecule has 0 spiro atoms. The first-order chi connectivity index (χ1) is 12.6. The fourth-order valence-electron chi connectivity index (χ4n) is 4.16. The molecule has 138 valence electrons. The van der Waals surface area contributed by atoms with Crippen molar-refractivity contribution in [2.45, 2.75) is 45.6 Å². The lowest BCUT2D eigenvalue weighted by molar-refractivity contribution is -0.139. The van der Waals surface area contributed by atoms with Crippen LogP contribution in [0.4, 0.5) is 0 Å². The van der Waals surface area contributed by atoms with E-state index in [1.165, 1.54) is 0 Å². The lowest BCUT2D eigenvalue weighted by atomic mass is 9.97. The zero-order valence-electron chi connectivity index (χ0n) is 15.4. The molecule has 2 fully saturated rings. The molecule has 2 aromatic rings. The number of aryl methyl sites for hydroxylation is 2. The average molecular weight is 355 g/mol. The van der Waals surface area contributed by atoms with E-state index in [2.05, 4.69) is 16.2 Å². The van der Waals surface area contributed by atoms with Crippen molar-refractivity contribution in [1.82, 2.24) is 15.0 Å². The highest BCUT2D eigenvalue weighted by Gasteiger charge is 2.35. The predicted octanol–water partition coefficient (Wildman–Crippen LogP) is 3.44. The molecule has 0 aromatic carbocycles. The van der Waals surface area contributed by atoms with Crippen LogP contribution in [0.2, 0.25) is 0 Å². The average Bonchev–Trinajstić information content (AvgIpc) is 3.29. The van der Waals surface area contributed by atoms with Gasteiger partial charge in [0.15, 0.2) is 0 Å². The van der Waals surface area contributed by atoms with Gasteiger partial charge in [0.2, 0.25) is 5.91 Å². The van der Waals surface area contributed by atoms with Crippen molar-refractivity contribution in [3.63, 3.8) is 0 Å². The predicted molar refractivity (Wildman–Crippen MR) is 96.4 cm³/mol. The van der Waals surface area contributed by atoms with E-state index < -0.39 is 0 Å². The van der Waals surface area contributed by atoms with Gasteiger partial charge in [-0.2, -0.15) is 0 Å². The van der Waals surface area contributed by atoms with Gasteiger partial charge in [-0.1, -0.05) is 11.2 Å². The van der Waals surface area contributed by atoms with Gasteiger partial charge in [-0.25, -0.2) is 0 Å². The Morgan fingerprint density at radius 3 is 2.65 bits per heavy atom. The molecule has 0 radical (unpaired) electrons. The molecular formula is C20H25N3O3. The summed E-state index contributed by atoms with van der Waals surface area (Å²) in [5.74, 6) is 1.17. The topological polar surface area (TPSA) is 68.5 Å². The smallest absolute Gasteiger partial charge is 0.226 e. The minimum absolute atomic E-state index is 0.0871. The molecule has 0 aliphatic carbocycles. The summed E-state index contributed by atoms with van der Waals surface area (Å²) in [6.45, 7) is 6.06. The molecule has 26 heavy (non-hydrogen) atoms. The van der Waals surface area contributed by atoms with Crippen LogP contribution in [0.15, 0.2) is 22.9 Å². The van der Waals surface area contributed by atoms with Crippen LogP contribution in [0, 0.1) is 19.8 Å². The third-order valence-corrected chi connectivity index (χ3v) is 5.56. The number of nitrogens with zero attached hydrogens (tertiary/aromatic N) is 3. The highest BCUT2D eigenvalue weighted by atomic mass is 16.5. The molecule has 2 aromatic heterocycles. The van der Waals surface area contributed by atoms with Crippen LogP contribution in [0.3, 0.4) is 0 Å². The van der Waals surface area contributed by atoms with Crippen molar-refractivity contribution in [1.29, 1.82) is 0 Å². The van der Waals surface area contributed by atoms with Gasteiger partial charge >= 0.3 is 0 Å². The minimum atomic E-state index is 0.0871. The Balaban J connectivity index is 1.53. The SMILES string of the molecule is Cc1noc(C)c1-c1ccc([C@@H]2CCCN2C(=O)C2CCOCC2)nc1. The van der Waals surface area contributed by atoms with Gasteiger partial charge in [-0.15, -0.1) is 0 Å². The van der Waals surface area contributed by atoms with Crippen molar-refractivity contribution in [3.8, 4) is 11.1 Å². The second-order valence-corrected chi connectivity index (χ2v) is 7.25. The minimum Gasteiger partial charge on any atom is -0.381 e. The molecule has 1 atom stereocenters. The van der Waals surface area contributed by atoms with E-state index >= 15 is 0 Å². The zero-order valence-corrected chi connectivity index (χ0v) is 15.4. The summed E-state index contributed by atoms with van der Waals surface area (Å²) in [5, 5.41) is 4.01. The maximum atomic E-state index is 12.9. The lowest BCUT2D eigenvalue weighted by Crippen LogP contribution is -2.38. The van der Waals surface area contributed by atoms with E-state index in [1.54, 1.807) is 0 Å². The molecule has 4 heterocycles. The highest BCUT2D eigenvalue weighted by Crippen LogP contribution is 2.34. The number of hydrogen-bond acceptors (Lipinski definition) is 5. The highest BCUT2D eigenvalue weighted by molar-refractivity contribution is 5.79. The van der Waals surface area contributed by atoms with Crippen LogP contribution in [0.1, 0.15) is 48.9 Å². The Morgan fingerprint density at radius 1 is 1.19 bits per heavy atom. The fraction of sp³-hybridized carbons (Fsp3) is 0.550. The fourth-order valence-corrected chi connectivity index (χ4v) is 4.16. The first-order valence-corrected chi connectivity index (χ1v) is 9.42. The Bertz CT molecular complexity index is 759. The third kappa shape index (κ3) is 3.14. The molecule has 0 bridgehead atoms. The van der Waals surface area contributed by atoms with E-state index in [4.69, 9.17) is 9.26 Å². The molecule has 2 aliphatic rings. The van der Waals surface area contributed by atoms with Gasteiger partial charge in [-0.3, -0.25) is 9.78 Å². The Morgan fingerprint density at radius 2 is 2.00 bits per heavy atom. The Hall–Kier alpha value is -2.21. The first-order valence-electron chi connectivity index (χ1n) is 9.42. The largest absolute Gasteiger partial charge is 0.381 e. The van der Waals surface area contributed by atoms with E-state index in [0.29, 0.717) is 13.2 Å². The lowest BCUT2D eigenvalue weighted by Gasteiger charge is -2.30. The maximum absolute atomic E-state index is 12.9. The summed E-state index contributed by atoms with van der Waals surface area (Å²) in [6.07, 6.45) is 5.55. The van der Waals surface area contributed by atoms with E-state index in [1.807, 2.05) is 31.0 Å². The van der Waals surface area contributed by atoms with Crippen molar-refractivity contribution in [2.75, 3.05) is 19.8 Å². The number of ether oxygens (including phenoxy) is 1. The molecule has 2 saturated heterocycles. The normalized spacial score (nSPS) is 21.3. The maximum Gasteiger partial charge on any atom is 0.226 e. The standard InChI is InChI=1S/C20H25N3O3/c1-13-19(14(2)26-22-13)16-5-6-17(21-12-16)18-4-3-9-23(18)20(24)15-7-10-25-11-8-15/h5-6,12,15,18H,3-4,7-11H2,1-2H3/t18-/m0/s1. The van der Waals surface area contributed by atoms with Gasteiger partial charge in [0.05, 0.1) is 17.4 Å². The number of rotatable bonds is 3. The molecular weight excluding hydrogens is 330 g/mol. The van der Waals surface area contributed by atoms with Crippen molar-refractivity contribution < 1.29 is 14.1 Å². The summed E-state index contributed by atoms with van der Waals surface area (Å²) in [5.41, 5.74) is 3.85. The van der Waals surface area contributed by atoms with Crippen molar-refractivity contribution in [3.05, 3.63) is 35.5 Å². The second-order valence-electron chi connectivity index (χ2n) is 7.25. The summed E-state index contributed by atoms with van der Waals surface area (Å²) in [4.78, 5) is 19.7. The van der Waals surface area contributed by atoms with Crippen LogP contribution in [-0.2, 0) is 9.53 Å². The number of carbonyl (C=O) groups is 1. The van der Waals surface area contributed by atoms with Gasteiger partial charge < -0.3 is 14.2 Å². The summed E-state index contributed by atoms with van der Waals surface area (Å²) in [7, 11) is 0. The molecule has 0 unspecified atom stereocenters. The number of likely N-dealkylation sites (tertiary alicyclic amines) is 1. The van der Waals surface area contributed by atoms with Gasteiger partial charge in [0.25, 0.3) is 0 Å². The molecule has 0 saturated carbocycles. The molecule has 4 rings (SSSR count). The van der Waals surface area contributed by atoms with Crippen molar-refractivity contribution in [2.24, 2.45) is 5.92 Å². The number of hydrogen-bond donors (Lipinski definition) is 0. The third-order valence-electron chi connectivity index (χ3n) is 5.56. The number of pyridine rings is 1. The molecule has 2 aliphatic heterocycles. The van der Waals surface area contributed by atoms with Crippen LogP contribution < -0.4 is 0 Å². The number of carbonyl (C=O) groups excluding carboxylic acids is 1. The van der Waals surface area contributed by atoms with E-state index in [-0.39, 0.29) is 17.9 Å². The van der Waals surface area contributed by atoms with Crippen LogP contribution in [0.25, 0.3) is 11.1 Å². The Labute approximate surface area is 153 Å².